The maximum absolute atomic E-state index is 13.7. The smallest absolute Gasteiger partial charge is 0.301 e. The van der Waals surface area contributed by atoms with E-state index in [0.29, 0.717) is 65.6 Å². The summed E-state index contributed by atoms with van der Waals surface area (Å²) < 4.78 is 23.3. The topological polar surface area (TPSA) is 124 Å². The number of Topliss-reactive ketones (excluding diaryl/α,β-unsaturated/α-hetero) is 2. The van der Waals surface area contributed by atoms with Crippen molar-refractivity contribution in [3.63, 3.8) is 0 Å². The van der Waals surface area contributed by atoms with Gasteiger partial charge in [0.15, 0.2) is 33.9 Å². The molecule has 0 spiro atoms. The lowest BCUT2D eigenvalue weighted by Gasteiger charge is -2.24. The third-order valence-electron chi connectivity index (χ3n) is 7.39. The van der Waals surface area contributed by atoms with E-state index in [1.807, 2.05) is 37.3 Å². The van der Waals surface area contributed by atoms with Crippen LogP contribution in [0.15, 0.2) is 72.3 Å². The van der Waals surface area contributed by atoms with E-state index in [1.54, 1.807) is 43.3 Å². The number of carbonyl (C=O) groups excluding carboxylic acids is 3. The molecule has 0 radical (unpaired) electrons. The maximum Gasteiger partial charge on any atom is 0.301 e. The molecule has 0 saturated carbocycles. The number of ether oxygens (including phenoxy) is 4. The second-order valence-corrected chi connectivity index (χ2v) is 11.4. The van der Waals surface area contributed by atoms with Gasteiger partial charge in [-0.05, 0) is 55.3 Å². The van der Waals surface area contributed by atoms with Crippen LogP contribution < -0.4 is 23.8 Å². The van der Waals surface area contributed by atoms with Crippen LogP contribution in [0.2, 0.25) is 0 Å². The van der Waals surface area contributed by atoms with Gasteiger partial charge in [-0.25, -0.2) is 4.98 Å². The van der Waals surface area contributed by atoms with E-state index in [9.17, 15) is 19.5 Å². The summed E-state index contributed by atoms with van der Waals surface area (Å²) in [5.74, 6) is -0.585. The number of ketones is 2. The van der Waals surface area contributed by atoms with Gasteiger partial charge in [-0.3, -0.25) is 19.3 Å². The van der Waals surface area contributed by atoms with Crippen molar-refractivity contribution < 1.29 is 38.4 Å². The maximum atomic E-state index is 13.7. The first-order valence-electron chi connectivity index (χ1n) is 14.4. The van der Waals surface area contributed by atoms with Gasteiger partial charge in [0.25, 0.3) is 5.78 Å². The first-order chi connectivity index (χ1) is 21.8. The Kier molecular flexibility index (Phi) is 8.27. The summed E-state index contributed by atoms with van der Waals surface area (Å²) >= 11 is 1.02. The molecule has 3 heterocycles. The fourth-order valence-corrected chi connectivity index (χ4v) is 6.31. The molecule has 0 unspecified atom stereocenters. The molecule has 2 aliphatic rings. The quantitative estimate of drug-likeness (QED) is 0.103. The van der Waals surface area contributed by atoms with Crippen LogP contribution >= 0.6 is 11.3 Å². The summed E-state index contributed by atoms with van der Waals surface area (Å²) in [6.07, 6.45) is 0. The molecule has 0 bridgehead atoms. The molecule has 2 aliphatic heterocycles. The molecule has 45 heavy (non-hydrogen) atoms. The number of nitrogens with zero attached hydrogens (tertiary/aromatic N) is 2. The summed E-state index contributed by atoms with van der Waals surface area (Å²) in [4.78, 5) is 45.8. The van der Waals surface area contributed by atoms with E-state index in [4.69, 9.17) is 18.9 Å². The third-order valence-corrected chi connectivity index (χ3v) is 8.65. The molecule has 1 fully saturated rings. The van der Waals surface area contributed by atoms with Gasteiger partial charge in [0, 0.05) is 12.5 Å². The van der Waals surface area contributed by atoms with E-state index in [0.717, 1.165) is 16.9 Å². The Morgan fingerprint density at radius 1 is 1.00 bits per heavy atom. The van der Waals surface area contributed by atoms with Crippen LogP contribution in [0, 0.1) is 6.92 Å². The number of thiazole rings is 1. The summed E-state index contributed by atoms with van der Waals surface area (Å²) in [6, 6.07) is 18.5. The second-order valence-electron chi connectivity index (χ2n) is 10.4. The van der Waals surface area contributed by atoms with Crippen molar-refractivity contribution >= 4 is 39.7 Å². The van der Waals surface area contributed by atoms with Crippen molar-refractivity contribution in [1.29, 1.82) is 0 Å². The number of carbonyl (C=O) groups is 3. The summed E-state index contributed by atoms with van der Waals surface area (Å²) in [5, 5.41) is 11.8. The number of anilines is 1. The molecule has 3 aromatic carbocycles. The highest BCUT2D eigenvalue weighted by atomic mass is 32.1. The van der Waals surface area contributed by atoms with Gasteiger partial charge >= 0.3 is 5.91 Å². The zero-order valence-corrected chi connectivity index (χ0v) is 25.7. The van der Waals surface area contributed by atoms with Gasteiger partial charge in [-0.1, -0.05) is 47.7 Å². The normalized spacial score (nSPS) is 17.0. The first kappa shape index (κ1) is 29.9. The Bertz CT molecular complexity index is 1830. The van der Waals surface area contributed by atoms with Crippen LogP contribution in [0.3, 0.4) is 0 Å². The largest absolute Gasteiger partial charge is 0.507 e. The lowest BCUT2D eigenvalue weighted by atomic mass is 9.95. The molecule has 230 valence electrons. The number of aromatic nitrogens is 1. The number of rotatable bonds is 9. The number of aliphatic hydroxyl groups excluding tert-OH is 1. The standard InChI is InChI=1S/C34H30N2O8S/c1-4-41-26-16-22(10-12-25(26)44-18-21-8-6-5-7-9-21)29-28(30(38)23-11-13-24-27(17-23)43-15-14-42-24)31(39)33(40)36(29)34-35-19(2)32(45-34)20(3)37/h5-13,16-17,29,38H,4,14-15,18H2,1-3H3/t29-/m0/s1. The van der Waals surface area contributed by atoms with Crippen LogP contribution in [0.5, 0.6) is 23.0 Å². The Morgan fingerprint density at radius 3 is 2.47 bits per heavy atom. The van der Waals surface area contributed by atoms with Crippen molar-refractivity contribution in [3.05, 3.63) is 99.6 Å². The van der Waals surface area contributed by atoms with Crippen LogP contribution in [-0.4, -0.2) is 47.4 Å². The van der Waals surface area contributed by atoms with Crippen molar-refractivity contribution in [2.45, 2.75) is 33.4 Å². The summed E-state index contributed by atoms with van der Waals surface area (Å²) in [7, 11) is 0. The van der Waals surface area contributed by atoms with Crippen molar-refractivity contribution in [2.24, 2.45) is 0 Å². The van der Waals surface area contributed by atoms with Gasteiger partial charge < -0.3 is 24.1 Å². The van der Waals surface area contributed by atoms with E-state index in [2.05, 4.69) is 4.98 Å². The molecule has 1 aromatic heterocycles. The molecular weight excluding hydrogens is 596 g/mol. The highest BCUT2D eigenvalue weighted by Crippen LogP contribution is 2.46. The predicted molar refractivity (Wildman–Crippen MR) is 167 cm³/mol. The monoisotopic (exact) mass is 626 g/mol. The van der Waals surface area contributed by atoms with E-state index >= 15 is 0 Å². The minimum absolute atomic E-state index is 0.144. The average molecular weight is 627 g/mol. The molecular formula is C34H30N2O8S. The van der Waals surface area contributed by atoms with Crippen molar-refractivity contribution in [1.82, 2.24) is 4.98 Å². The van der Waals surface area contributed by atoms with E-state index in [1.165, 1.54) is 11.8 Å². The van der Waals surface area contributed by atoms with Crippen molar-refractivity contribution in [2.75, 3.05) is 24.7 Å². The number of benzene rings is 3. The Morgan fingerprint density at radius 2 is 1.76 bits per heavy atom. The summed E-state index contributed by atoms with van der Waals surface area (Å²) in [6.45, 7) is 6.28. The molecule has 0 aliphatic carbocycles. The minimum atomic E-state index is -1.09. The summed E-state index contributed by atoms with van der Waals surface area (Å²) in [5.41, 5.74) is 2.01. The number of aryl methyl sites for hydroxylation is 1. The Balaban J connectivity index is 1.48. The van der Waals surface area contributed by atoms with Crippen LogP contribution in [0.4, 0.5) is 5.13 Å². The molecule has 1 amide bonds. The SMILES string of the molecule is CCOc1cc([C@H]2C(=C(O)c3ccc4c(c3)OCCO4)C(=O)C(=O)N2c2nc(C)c(C(C)=O)s2)ccc1OCc1ccccc1. The lowest BCUT2D eigenvalue weighted by molar-refractivity contribution is -0.132. The molecule has 4 aromatic rings. The Hall–Kier alpha value is -5.16. The highest BCUT2D eigenvalue weighted by Gasteiger charge is 2.48. The highest BCUT2D eigenvalue weighted by molar-refractivity contribution is 7.18. The number of hydrogen-bond acceptors (Lipinski definition) is 10. The zero-order valence-electron chi connectivity index (χ0n) is 24.9. The van der Waals surface area contributed by atoms with Gasteiger partial charge in [-0.2, -0.15) is 0 Å². The van der Waals surface area contributed by atoms with Gasteiger partial charge in [0.05, 0.1) is 28.8 Å². The van der Waals surface area contributed by atoms with Gasteiger partial charge in [0.1, 0.15) is 25.6 Å². The molecule has 6 rings (SSSR count). The number of fused-ring (bicyclic) bond motifs is 1. The molecule has 10 nitrogen and oxygen atoms in total. The zero-order chi connectivity index (χ0) is 31.7. The first-order valence-corrected chi connectivity index (χ1v) is 15.2. The lowest BCUT2D eigenvalue weighted by Crippen LogP contribution is -2.29. The van der Waals surface area contributed by atoms with E-state index < -0.39 is 17.7 Å². The van der Waals surface area contributed by atoms with E-state index in [-0.39, 0.29) is 27.8 Å². The predicted octanol–water partition coefficient (Wildman–Crippen LogP) is 6.03. The third kappa shape index (κ3) is 5.74. The van der Waals surface area contributed by atoms with Crippen LogP contribution in [0.25, 0.3) is 5.76 Å². The molecule has 11 heteroatoms. The van der Waals surface area contributed by atoms with Gasteiger partial charge in [0.2, 0.25) is 0 Å². The minimum Gasteiger partial charge on any atom is -0.507 e. The number of amides is 1. The molecule has 1 N–H and O–H groups in total. The fourth-order valence-electron chi connectivity index (χ4n) is 5.32. The molecule has 1 atom stereocenters. The van der Waals surface area contributed by atoms with Crippen molar-refractivity contribution in [3.8, 4) is 23.0 Å². The number of hydrogen-bond donors (Lipinski definition) is 1. The average Bonchev–Trinajstić information content (AvgIpc) is 3.56. The number of aliphatic hydroxyl groups is 1. The Labute approximate surface area is 263 Å². The van der Waals surface area contributed by atoms with Crippen LogP contribution in [-0.2, 0) is 16.2 Å². The second kappa shape index (κ2) is 12.4. The molecule has 1 saturated heterocycles. The van der Waals surface area contributed by atoms with Gasteiger partial charge in [-0.15, -0.1) is 0 Å². The van der Waals surface area contributed by atoms with Crippen LogP contribution in [0.1, 0.15) is 51.9 Å². The fraction of sp³-hybridized carbons (Fsp3) is 0.235.